The zero-order chi connectivity index (χ0) is 16.3. The number of hydrogen-bond acceptors (Lipinski definition) is 3. The molecule has 0 N–H and O–H groups in total. The number of rotatable bonds is 1. The molecule has 1 aliphatic rings. The van der Waals surface area contributed by atoms with E-state index in [1.807, 2.05) is 65.2 Å². The molecule has 5 rings (SSSR count). The summed E-state index contributed by atoms with van der Waals surface area (Å²) in [5.74, 6) is -1.16. The van der Waals surface area contributed by atoms with Gasteiger partial charge in [0.05, 0.1) is 22.2 Å². The Morgan fingerprint density at radius 1 is 0.708 bits per heavy atom. The average molecular weight is 313 g/mol. The molecule has 4 aromatic rings. The van der Waals surface area contributed by atoms with E-state index in [9.17, 15) is 9.59 Å². The zero-order valence-electron chi connectivity index (χ0n) is 12.5. The van der Waals surface area contributed by atoms with Gasteiger partial charge in [0.25, 0.3) is 0 Å². The third-order valence-electron chi connectivity index (χ3n) is 4.46. The number of esters is 2. The van der Waals surface area contributed by atoms with Gasteiger partial charge in [0.2, 0.25) is 0 Å². The predicted molar refractivity (Wildman–Crippen MR) is 90.5 cm³/mol. The first-order valence-electron chi connectivity index (χ1n) is 7.64. The average Bonchev–Trinajstić information content (AvgIpc) is 3.10. The summed E-state index contributed by atoms with van der Waals surface area (Å²) in [5.41, 5.74) is 3.31. The monoisotopic (exact) mass is 313 g/mol. The SMILES string of the molecule is O=C1OC(=O)c2c1ccc1c3ccccc3n(-c3ccccc3)c21. The Morgan fingerprint density at radius 3 is 2.29 bits per heavy atom. The Kier molecular flexibility index (Phi) is 2.48. The molecular formula is C20H11NO3. The molecule has 0 bridgehead atoms. The normalized spacial score (nSPS) is 13.5. The van der Waals surface area contributed by atoms with Crippen molar-refractivity contribution in [2.75, 3.05) is 0 Å². The van der Waals surface area contributed by atoms with Gasteiger partial charge in [0.15, 0.2) is 0 Å². The largest absolute Gasteiger partial charge is 0.386 e. The van der Waals surface area contributed by atoms with E-state index in [0.29, 0.717) is 11.1 Å². The molecule has 0 saturated carbocycles. The van der Waals surface area contributed by atoms with E-state index in [4.69, 9.17) is 4.74 Å². The summed E-state index contributed by atoms with van der Waals surface area (Å²) in [6.45, 7) is 0. The molecule has 4 nitrogen and oxygen atoms in total. The van der Waals surface area contributed by atoms with Gasteiger partial charge < -0.3 is 9.30 Å². The summed E-state index contributed by atoms with van der Waals surface area (Å²) >= 11 is 0. The minimum atomic E-state index is -0.583. The zero-order valence-corrected chi connectivity index (χ0v) is 12.5. The summed E-state index contributed by atoms with van der Waals surface area (Å²) < 4.78 is 6.85. The summed E-state index contributed by atoms with van der Waals surface area (Å²) in [6, 6.07) is 21.3. The number of nitrogens with zero attached hydrogens (tertiary/aromatic N) is 1. The number of benzene rings is 3. The number of carbonyl (C=O) groups is 2. The highest BCUT2D eigenvalue weighted by molar-refractivity contribution is 6.24. The molecule has 0 fully saturated rings. The van der Waals surface area contributed by atoms with Crippen molar-refractivity contribution >= 4 is 33.7 Å². The van der Waals surface area contributed by atoms with Crippen molar-refractivity contribution in [3.63, 3.8) is 0 Å². The van der Waals surface area contributed by atoms with Crippen LogP contribution >= 0.6 is 0 Å². The fraction of sp³-hybridized carbons (Fsp3) is 0. The Hall–Kier alpha value is -3.40. The molecule has 24 heavy (non-hydrogen) atoms. The first-order valence-corrected chi connectivity index (χ1v) is 7.64. The number of fused-ring (bicyclic) bond motifs is 5. The summed E-state index contributed by atoms with van der Waals surface area (Å²) in [4.78, 5) is 24.2. The number of ether oxygens (including phenoxy) is 1. The van der Waals surface area contributed by atoms with Crippen LogP contribution in [0.2, 0.25) is 0 Å². The van der Waals surface area contributed by atoms with Gasteiger partial charge >= 0.3 is 11.9 Å². The fourth-order valence-corrected chi connectivity index (χ4v) is 3.47. The molecule has 2 heterocycles. The van der Waals surface area contributed by atoms with E-state index in [1.54, 1.807) is 6.07 Å². The Bertz CT molecular complexity index is 1160. The third kappa shape index (κ3) is 1.57. The molecule has 0 radical (unpaired) electrons. The lowest BCUT2D eigenvalue weighted by Gasteiger charge is -2.08. The van der Waals surface area contributed by atoms with Crippen molar-refractivity contribution in [3.8, 4) is 5.69 Å². The molecule has 114 valence electrons. The summed E-state index contributed by atoms with van der Waals surface area (Å²) in [7, 11) is 0. The quantitative estimate of drug-likeness (QED) is 0.393. The Morgan fingerprint density at radius 2 is 1.46 bits per heavy atom. The van der Waals surface area contributed by atoms with Crippen molar-refractivity contribution in [2.24, 2.45) is 0 Å². The fourth-order valence-electron chi connectivity index (χ4n) is 3.47. The van der Waals surface area contributed by atoms with Crippen LogP contribution in [0, 0.1) is 0 Å². The van der Waals surface area contributed by atoms with E-state index < -0.39 is 11.9 Å². The van der Waals surface area contributed by atoms with Gasteiger partial charge in [-0.1, -0.05) is 42.5 Å². The van der Waals surface area contributed by atoms with Gasteiger partial charge in [-0.25, -0.2) is 9.59 Å². The van der Waals surface area contributed by atoms with Crippen molar-refractivity contribution in [1.82, 2.24) is 4.57 Å². The molecule has 1 aromatic heterocycles. The maximum Gasteiger partial charge on any atom is 0.349 e. The first-order chi connectivity index (χ1) is 11.8. The highest BCUT2D eigenvalue weighted by atomic mass is 16.6. The maximum atomic E-state index is 12.3. The van der Waals surface area contributed by atoms with E-state index in [2.05, 4.69) is 0 Å². The van der Waals surface area contributed by atoms with Crippen molar-refractivity contribution < 1.29 is 14.3 Å². The number of carbonyl (C=O) groups excluding carboxylic acids is 2. The highest BCUT2D eigenvalue weighted by Crippen LogP contribution is 2.37. The van der Waals surface area contributed by atoms with Crippen LogP contribution in [-0.4, -0.2) is 16.5 Å². The molecule has 1 aliphatic heterocycles. The van der Waals surface area contributed by atoms with Gasteiger partial charge in [-0.15, -0.1) is 0 Å². The molecule has 3 aromatic carbocycles. The highest BCUT2D eigenvalue weighted by Gasteiger charge is 2.34. The predicted octanol–water partition coefficient (Wildman–Crippen LogP) is 4.09. The van der Waals surface area contributed by atoms with Crippen LogP contribution in [0.4, 0.5) is 0 Å². The second kappa shape index (κ2) is 4.55. The number of para-hydroxylation sites is 2. The molecule has 4 heteroatoms. The lowest BCUT2D eigenvalue weighted by Crippen LogP contribution is -2.01. The second-order valence-electron chi connectivity index (χ2n) is 5.75. The van der Waals surface area contributed by atoms with Crippen LogP contribution in [0.25, 0.3) is 27.5 Å². The van der Waals surface area contributed by atoms with Crippen LogP contribution in [0.1, 0.15) is 20.7 Å². The van der Waals surface area contributed by atoms with Crippen LogP contribution in [-0.2, 0) is 4.74 Å². The van der Waals surface area contributed by atoms with Crippen molar-refractivity contribution in [3.05, 3.63) is 77.9 Å². The number of hydrogen-bond donors (Lipinski definition) is 0. The molecule has 0 spiro atoms. The van der Waals surface area contributed by atoms with Gasteiger partial charge in [-0.2, -0.15) is 0 Å². The lowest BCUT2D eigenvalue weighted by atomic mass is 10.0. The minimum absolute atomic E-state index is 0.326. The van der Waals surface area contributed by atoms with Crippen LogP contribution < -0.4 is 0 Å². The molecule has 0 saturated heterocycles. The lowest BCUT2D eigenvalue weighted by molar-refractivity contribution is 0.0444. The van der Waals surface area contributed by atoms with Crippen LogP contribution in [0.15, 0.2) is 66.7 Å². The van der Waals surface area contributed by atoms with E-state index in [1.165, 1.54) is 0 Å². The van der Waals surface area contributed by atoms with Crippen molar-refractivity contribution in [1.29, 1.82) is 0 Å². The molecule has 0 atom stereocenters. The van der Waals surface area contributed by atoms with Crippen LogP contribution in [0.3, 0.4) is 0 Å². The second-order valence-corrected chi connectivity index (χ2v) is 5.75. The Labute approximate surface area is 136 Å². The van der Waals surface area contributed by atoms with Crippen LogP contribution in [0.5, 0.6) is 0 Å². The topological polar surface area (TPSA) is 48.3 Å². The standard InChI is InChI=1S/C20H11NO3/c22-19-15-11-10-14-13-8-4-5-9-16(13)21(12-6-2-1-3-7-12)18(14)17(15)20(23)24-19/h1-11H. The molecule has 0 unspecified atom stereocenters. The smallest absolute Gasteiger partial charge is 0.349 e. The van der Waals surface area contributed by atoms with E-state index in [0.717, 1.165) is 27.5 Å². The van der Waals surface area contributed by atoms with Gasteiger partial charge in [-0.3, -0.25) is 0 Å². The first kappa shape index (κ1) is 13.1. The molecule has 0 aliphatic carbocycles. The van der Waals surface area contributed by atoms with Crippen molar-refractivity contribution in [2.45, 2.75) is 0 Å². The third-order valence-corrected chi connectivity index (χ3v) is 4.46. The van der Waals surface area contributed by atoms with E-state index >= 15 is 0 Å². The van der Waals surface area contributed by atoms with Gasteiger partial charge in [0, 0.05) is 16.5 Å². The van der Waals surface area contributed by atoms with Gasteiger partial charge in [0.1, 0.15) is 0 Å². The number of aromatic nitrogens is 1. The number of cyclic esters (lactones) is 2. The Balaban J connectivity index is 2.06. The molecule has 0 amide bonds. The molecular weight excluding hydrogens is 302 g/mol. The van der Waals surface area contributed by atoms with Gasteiger partial charge in [-0.05, 0) is 24.3 Å². The minimum Gasteiger partial charge on any atom is -0.386 e. The summed E-state index contributed by atoms with van der Waals surface area (Å²) in [5, 5.41) is 1.96. The summed E-state index contributed by atoms with van der Waals surface area (Å²) in [6.07, 6.45) is 0. The van der Waals surface area contributed by atoms with E-state index in [-0.39, 0.29) is 0 Å². The maximum absolute atomic E-state index is 12.3.